The summed E-state index contributed by atoms with van der Waals surface area (Å²) in [6.07, 6.45) is 4.41. The molecular formula is C11H16ClN3O2S. The van der Waals surface area contributed by atoms with Gasteiger partial charge in [0.05, 0.1) is 5.02 Å². The second-order valence-corrected chi connectivity index (χ2v) is 6.68. The Hall–Kier alpha value is -0.690. The molecule has 0 atom stereocenters. The molecule has 1 aliphatic rings. The molecule has 0 aliphatic carbocycles. The van der Waals surface area contributed by atoms with Crippen molar-refractivity contribution in [1.82, 2.24) is 14.6 Å². The molecule has 0 radical (unpaired) electrons. The van der Waals surface area contributed by atoms with Crippen molar-refractivity contribution in [3.8, 4) is 0 Å². The summed E-state index contributed by atoms with van der Waals surface area (Å²) in [7, 11) is -1.56. The number of nitrogens with zero attached hydrogens (tertiary/aromatic N) is 2. The van der Waals surface area contributed by atoms with Crippen LogP contribution < -0.4 is 5.32 Å². The number of piperidine rings is 1. The third-order valence-corrected chi connectivity index (χ3v) is 5.25. The van der Waals surface area contributed by atoms with E-state index < -0.39 is 10.0 Å². The molecule has 0 amide bonds. The lowest BCUT2D eigenvalue weighted by molar-refractivity contribution is 0.298. The van der Waals surface area contributed by atoms with E-state index in [0.29, 0.717) is 24.2 Å². The van der Waals surface area contributed by atoms with Crippen LogP contribution in [0, 0.1) is 0 Å². The highest BCUT2D eigenvalue weighted by Gasteiger charge is 2.29. The Morgan fingerprint density at radius 3 is 2.61 bits per heavy atom. The first-order chi connectivity index (χ1) is 8.54. The summed E-state index contributed by atoms with van der Waals surface area (Å²) >= 11 is 5.78. The van der Waals surface area contributed by atoms with Crippen molar-refractivity contribution in [2.45, 2.75) is 23.8 Å². The van der Waals surface area contributed by atoms with Crippen molar-refractivity contribution in [2.24, 2.45) is 0 Å². The van der Waals surface area contributed by atoms with E-state index >= 15 is 0 Å². The standard InChI is InChI=1S/C11H16ClN3O2S/c1-13-10-2-4-15(5-3-10)18(16,17)11-6-9(12)7-14-8-11/h6-8,10,13H,2-5H2,1H3. The maximum absolute atomic E-state index is 12.3. The number of halogens is 1. The molecule has 1 N–H and O–H groups in total. The van der Waals surface area contributed by atoms with Crippen molar-refractivity contribution < 1.29 is 8.42 Å². The summed E-state index contributed by atoms with van der Waals surface area (Å²) in [6, 6.07) is 1.84. The fourth-order valence-corrected chi connectivity index (χ4v) is 3.77. The van der Waals surface area contributed by atoms with Crippen LogP contribution in [0.5, 0.6) is 0 Å². The third kappa shape index (κ3) is 2.83. The zero-order chi connectivity index (χ0) is 13.2. The Balaban J connectivity index is 2.17. The molecule has 100 valence electrons. The molecule has 1 fully saturated rings. The van der Waals surface area contributed by atoms with Crippen molar-refractivity contribution in [3.05, 3.63) is 23.5 Å². The van der Waals surface area contributed by atoms with Gasteiger partial charge in [-0.2, -0.15) is 4.31 Å². The Morgan fingerprint density at radius 1 is 1.39 bits per heavy atom. The number of aromatic nitrogens is 1. The normalized spacial score (nSPS) is 19.0. The molecule has 0 spiro atoms. The Bertz CT molecular complexity index is 513. The van der Waals surface area contributed by atoms with Crippen LogP contribution in [0.2, 0.25) is 5.02 Å². The lowest BCUT2D eigenvalue weighted by atomic mass is 10.1. The van der Waals surface area contributed by atoms with Gasteiger partial charge in [-0.25, -0.2) is 8.42 Å². The summed E-state index contributed by atoms with van der Waals surface area (Å²) in [5.41, 5.74) is 0. The zero-order valence-corrected chi connectivity index (χ0v) is 11.7. The first-order valence-electron chi connectivity index (χ1n) is 5.82. The summed E-state index contributed by atoms with van der Waals surface area (Å²) < 4.78 is 26.2. The first kappa shape index (κ1) is 13.7. The number of hydrogen-bond acceptors (Lipinski definition) is 4. The second kappa shape index (κ2) is 5.52. The van der Waals surface area contributed by atoms with E-state index in [1.165, 1.54) is 22.8 Å². The van der Waals surface area contributed by atoms with Gasteiger partial charge < -0.3 is 5.32 Å². The second-order valence-electron chi connectivity index (χ2n) is 4.31. The molecule has 1 aliphatic heterocycles. The molecule has 1 saturated heterocycles. The topological polar surface area (TPSA) is 62.3 Å². The van der Waals surface area contributed by atoms with Gasteiger partial charge in [0.15, 0.2) is 0 Å². The van der Waals surface area contributed by atoms with E-state index in [-0.39, 0.29) is 4.90 Å². The van der Waals surface area contributed by atoms with Gasteiger partial charge in [0, 0.05) is 31.5 Å². The largest absolute Gasteiger partial charge is 0.317 e. The molecule has 0 bridgehead atoms. The molecule has 0 saturated carbocycles. The van der Waals surface area contributed by atoms with Gasteiger partial charge >= 0.3 is 0 Å². The fourth-order valence-electron chi connectivity index (χ4n) is 2.07. The van der Waals surface area contributed by atoms with Crippen LogP contribution in [0.4, 0.5) is 0 Å². The van der Waals surface area contributed by atoms with Crippen LogP contribution in [0.1, 0.15) is 12.8 Å². The number of sulfonamides is 1. The molecule has 18 heavy (non-hydrogen) atoms. The number of pyridine rings is 1. The van der Waals surface area contributed by atoms with Crippen LogP contribution in [-0.2, 0) is 10.0 Å². The van der Waals surface area contributed by atoms with Gasteiger partial charge in [-0.05, 0) is 26.0 Å². The summed E-state index contributed by atoms with van der Waals surface area (Å²) in [5, 5.41) is 3.50. The minimum atomic E-state index is -3.46. The molecule has 7 heteroatoms. The van der Waals surface area contributed by atoms with E-state index in [2.05, 4.69) is 10.3 Å². The number of nitrogens with one attached hydrogen (secondary N) is 1. The summed E-state index contributed by atoms with van der Waals surface area (Å²) in [4.78, 5) is 3.99. The van der Waals surface area contributed by atoms with Crippen LogP contribution in [0.15, 0.2) is 23.4 Å². The van der Waals surface area contributed by atoms with Crippen LogP contribution >= 0.6 is 11.6 Å². The molecule has 2 heterocycles. The van der Waals surface area contributed by atoms with Crippen molar-refractivity contribution in [2.75, 3.05) is 20.1 Å². The van der Waals surface area contributed by atoms with Crippen LogP contribution in [0.25, 0.3) is 0 Å². The van der Waals surface area contributed by atoms with E-state index in [1.807, 2.05) is 7.05 Å². The smallest absolute Gasteiger partial charge is 0.244 e. The number of rotatable bonds is 3. The van der Waals surface area contributed by atoms with Crippen molar-refractivity contribution in [1.29, 1.82) is 0 Å². The highest BCUT2D eigenvalue weighted by molar-refractivity contribution is 7.89. The predicted molar refractivity (Wildman–Crippen MR) is 70.1 cm³/mol. The van der Waals surface area contributed by atoms with E-state index in [9.17, 15) is 8.42 Å². The molecule has 0 unspecified atom stereocenters. The molecule has 1 aromatic rings. The SMILES string of the molecule is CNC1CCN(S(=O)(=O)c2cncc(Cl)c2)CC1. The van der Waals surface area contributed by atoms with E-state index in [0.717, 1.165) is 12.8 Å². The Kier molecular flexibility index (Phi) is 4.21. The minimum absolute atomic E-state index is 0.165. The highest BCUT2D eigenvalue weighted by Crippen LogP contribution is 2.21. The first-order valence-corrected chi connectivity index (χ1v) is 7.64. The maximum Gasteiger partial charge on any atom is 0.244 e. The van der Waals surface area contributed by atoms with E-state index in [1.54, 1.807) is 0 Å². The minimum Gasteiger partial charge on any atom is -0.317 e. The van der Waals surface area contributed by atoms with Crippen molar-refractivity contribution in [3.63, 3.8) is 0 Å². The molecule has 5 nitrogen and oxygen atoms in total. The van der Waals surface area contributed by atoms with Gasteiger partial charge in [-0.15, -0.1) is 0 Å². The third-order valence-electron chi connectivity index (χ3n) is 3.18. The maximum atomic E-state index is 12.3. The van der Waals surface area contributed by atoms with Crippen LogP contribution in [-0.4, -0.2) is 43.9 Å². The predicted octanol–water partition coefficient (Wildman–Crippen LogP) is 1.11. The van der Waals surface area contributed by atoms with Gasteiger partial charge in [-0.1, -0.05) is 11.6 Å². The van der Waals surface area contributed by atoms with Gasteiger partial charge in [0.2, 0.25) is 10.0 Å². The molecule has 2 rings (SSSR count). The lowest BCUT2D eigenvalue weighted by Crippen LogP contribution is -2.43. The van der Waals surface area contributed by atoms with Gasteiger partial charge in [-0.3, -0.25) is 4.98 Å². The Morgan fingerprint density at radius 2 is 2.06 bits per heavy atom. The average molecular weight is 290 g/mol. The molecule has 1 aromatic heterocycles. The van der Waals surface area contributed by atoms with Gasteiger partial charge in [0.1, 0.15) is 4.90 Å². The van der Waals surface area contributed by atoms with Gasteiger partial charge in [0.25, 0.3) is 0 Å². The highest BCUT2D eigenvalue weighted by atomic mass is 35.5. The zero-order valence-electron chi connectivity index (χ0n) is 10.1. The average Bonchev–Trinajstić information content (AvgIpc) is 2.39. The molecular weight excluding hydrogens is 274 g/mol. The summed E-state index contributed by atoms with van der Waals surface area (Å²) in [5.74, 6) is 0. The lowest BCUT2D eigenvalue weighted by Gasteiger charge is -2.30. The van der Waals surface area contributed by atoms with E-state index in [4.69, 9.17) is 11.6 Å². The van der Waals surface area contributed by atoms with Crippen molar-refractivity contribution >= 4 is 21.6 Å². The Labute approximate surface area is 112 Å². The fraction of sp³-hybridized carbons (Fsp3) is 0.545. The van der Waals surface area contributed by atoms with Crippen LogP contribution in [0.3, 0.4) is 0 Å². The quantitative estimate of drug-likeness (QED) is 0.905. The number of hydrogen-bond donors (Lipinski definition) is 1. The summed E-state index contributed by atoms with van der Waals surface area (Å²) in [6.45, 7) is 1.06. The monoisotopic (exact) mass is 289 g/mol. The molecule has 0 aromatic carbocycles.